The van der Waals surface area contributed by atoms with Crippen molar-refractivity contribution in [2.75, 3.05) is 11.9 Å². The van der Waals surface area contributed by atoms with Gasteiger partial charge in [-0.05, 0) is 59.1 Å². The molecule has 0 aliphatic heterocycles. The first-order valence-electron chi connectivity index (χ1n) is 8.45. The van der Waals surface area contributed by atoms with Crippen LogP contribution in [0.5, 0.6) is 5.75 Å². The van der Waals surface area contributed by atoms with E-state index in [2.05, 4.69) is 59.3 Å². The molecule has 0 saturated heterocycles. The number of aryl methyl sites for hydroxylation is 2. The molecular formula is C20H15Br2N3O2S. The number of hydrogen-bond donors (Lipinski definition) is 1. The van der Waals surface area contributed by atoms with Gasteiger partial charge in [-0.2, -0.15) is 0 Å². The Labute approximate surface area is 182 Å². The molecule has 8 heteroatoms. The van der Waals surface area contributed by atoms with Crippen LogP contribution in [0.3, 0.4) is 0 Å². The van der Waals surface area contributed by atoms with Gasteiger partial charge in [0.25, 0.3) is 5.91 Å². The number of pyridine rings is 1. The van der Waals surface area contributed by atoms with E-state index in [1.807, 2.05) is 32.0 Å². The van der Waals surface area contributed by atoms with Gasteiger partial charge in [-0.25, -0.2) is 4.98 Å². The second-order valence-corrected chi connectivity index (χ2v) is 9.09. The number of amides is 1. The maximum absolute atomic E-state index is 12.4. The van der Waals surface area contributed by atoms with E-state index in [9.17, 15) is 4.79 Å². The summed E-state index contributed by atoms with van der Waals surface area (Å²) in [6.45, 7) is 3.93. The first-order valence-corrected chi connectivity index (χ1v) is 10.9. The summed E-state index contributed by atoms with van der Waals surface area (Å²) in [5.74, 6) is 0.261. The van der Waals surface area contributed by atoms with Gasteiger partial charge in [0.2, 0.25) is 0 Å². The third-order valence-corrected chi connectivity index (χ3v) is 6.34. The summed E-state index contributed by atoms with van der Waals surface area (Å²) in [6.07, 6.45) is 1.69. The van der Waals surface area contributed by atoms with Crippen molar-refractivity contribution >= 4 is 75.4 Å². The van der Waals surface area contributed by atoms with Gasteiger partial charge in [0.15, 0.2) is 17.5 Å². The first-order chi connectivity index (χ1) is 13.4. The Kier molecular flexibility index (Phi) is 5.35. The third-order valence-electron chi connectivity index (χ3n) is 4.17. The highest BCUT2D eigenvalue weighted by atomic mass is 79.9. The number of benzene rings is 2. The Morgan fingerprint density at radius 3 is 2.82 bits per heavy atom. The number of carbonyl (C=O) groups excluding carboxylic acids is 1. The number of halogens is 2. The number of nitrogens with zero attached hydrogens (tertiary/aromatic N) is 2. The zero-order valence-corrected chi connectivity index (χ0v) is 19.0. The molecule has 28 heavy (non-hydrogen) atoms. The molecule has 0 spiro atoms. The van der Waals surface area contributed by atoms with Crippen molar-refractivity contribution in [2.45, 2.75) is 13.8 Å². The Morgan fingerprint density at radius 1 is 1.18 bits per heavy atom. The lowest BCUT2D eigenvalue weighted by Crippen LogP contribution is -2.20. The number of anilines is 1. The van der Waals surface area contributed by atoms with E-state index >= 15 is 0 Å². The van der Waals surface area contributed by atoms with Gasteiger partial charge >= 0.3 is 0 Å². The molecule has 4 aromatic rings. The van der Waals surface area contributed by atoms with E-state index in [0.717, 1.165) is 30.1 Å². The monoisotopic (exact) mass is 519 g/mol. The molecule has 0 unspecified atom stereocenters. The van der Waals surface area contributed by atoms with Crippen LogP contribution < -0.4 is 10.1 Å². The van der Waals surface area contributed by atoms with Gasteiger partial charge in [-0.1, -0.05) is 39.4 Å². The fraction of sp³-hybridized carbons (Fsp3) is 0.150. The minimum absolute atomic E-state index is 0.139. The van der Waals surface area contributed by atoms with E-state index < -0.39 is 0 Å². The Balaban J connectivity index is 1.53. The largest absolute Gasteiger partial charge is 0.480 e. The van der Waals surface area contributed by atoms with E-state index in [1.54, 1.807) is 6.20 Å². The average Bonchev–Trinajstić information content (AvgIpc) is 3.04. The summed E-state index contributed by atoms with van der Waals surface area (Å²) in [4.78, 5) is 21.3. The molecule has 1 N–H and O–H groups in total. The van der Waals surface area contributed by atoms with Crippen LogP contribution in [0.1, 0.15) is 11.1 Å². The number of carbonyl (C=O) groups is 1. The van der Waals surface area contributed by atoms with Crippen molar-refractivity contribution in [3.8, 4) is 5.75 Å². The summed E-state index contributed by atoms with van der Waals surface area (Å²) in [5.41, 5.74) is 3.87. The molecule has 4 rings (SSSR count). The smallest absolute Gasteiger partial charge is 0.264 e. The summed E-state index contributed by atoms with van der Waals surface area (Å²) >= 11 is 8.47. The van der Waals surface area contributed by atoms with Crippen molar-refractivity contribution < 1.29 is 9.53 Å². The zero-order valence-electron chi connectivity index (χ0n) is 15.0. The van der Waals surface area contributed by atoms with E-state index in [4.69, 9.17) is 4.74 Å². The van der Waals surface area contributed by atoms with Gasteiger partial charge in [0.1, 0.15) is 5.52 Å². The second-order valence-electron chi connectivity index (χ2n) is 6.35. The number of rotatable bonds is 4. The minimum atomic E-state index is -0.271. The van der Waals surface area contributed by atoms with Crippen LogP contribution in [0.15, 0.2) is 45.5 Å². The summed E-state index contributed by atoms with van der Waals surface area (Å²) in [6, 6.07) is 9.84. The molecular weight excluding hydrogens is 506 g/mol. The van der Waals surface area contributed by atoms with Crippen LogP contribution in [0.2, 0.25) is 0 Å². The van der Waals surface area contributed by atoms with Crippen LogP contribution in [0.25, 0.3) is 21.1 Å². The molecule has 0 fully saturated rings. The highest BCUT2D eigenvalue weighted by molar-refractivity contribution is 9.11. The number of aromatic nitrogens is 2. The fourth-order valence-electron chi connectivity index (χ4n) is 3.00. The SMILES string of the molecule is Cc1cc(C)c2nc(NC(=O)COc3c(Br)cc(Br)c4cccnc34)sc2c1. The normalized spacial score (nSPS) is 11.1. The minimum Gasteiger partial charge on any atom is -0.480 e. The fourth-order valence-corrected chi connectivity index (χ4v) is 5.45. The lowest BCUT2D eigenvalue weighted by Gasteiger charge is -2.11. The van der Waals surface area contributed by atoms with E-state index in [0.29, 0.717) is 16.4 Å². The molecule has 0 aliphatic carbocycles. The van der Waals surface area contributed by atoms with Crippen LogP contribution in [0, 0.1) is 13.8 Å². The maximum atomic E-state index is 12.4. The van der Waals surface area contributed by atoms with Gasteiger partial charge in [0, 0.05) is 16.1 Å². The number of fused-ring (bicyclic) bond motifs is 2. The predicted molar refractivity (Wildman–Crippen MR) is 120 cm³/mol. The standard InChI is InChI=1S/C20H15Br2N3O2S/c1-10-6-11(2)17-15(7-10)28-20(25-17)24-16(26)9-27-19-14(22)8-13(21)12-4-3-5-23-18(12)19/h3-8H,9H2,1-2H3,(H,24,25,26). The van der Waals surface area contributed by atoms with Crippen LogP contribution in [-0.4, -0.2) is 22.5 Å². The Hall–Kier alpha value is -2.03. The number of nitrogens with one attached hydrogen (secondary N) is 1. The number of ether oxygens (including phenoxy) is 1. The molecule has 0 radical (unpaired) electrons. The molecule has 0 saturated carbocycles. The molecule has 0 aliphatic rings. The number of thiazole rings is 1. The quantitative estimate of drug-likeness (QED) is 0.358. The molecule has 2 aromatic heterocycles. The summed E-state index contributed by atoms with van der Waals surface area (Å²) < 4.78 is 8.47. The molecule has 0 bridgehead atoms. The Morgan fingerprint density at radius 2 is 2.00 bits per heavy atom. The third kappa shape index (κ3) is 3.76. The highest BCUT2D eigenvalue weighted by Crippen LogP contribution is 2.37. The van der Waals surface area contributed by atoms with E-state index in [-0.39, 0.29) is 12.5 Å². The summed E-state index contributed by atoms with van der Waals surface area (Å²) in [5, 5.41) is 4.31. The maximum Gasteiger partial charge on any atom is 0.264 e. The lowest BCUT2D eigenvalue weighted by atomic mass is 10.1. The van der Waals surface area contributed by atoms with Gasteiger partial charge in [-0.3, -0.25) is 15.1 Å². The molecule has 0 atom stereocenters. The summed E-state index contributed by atoms with van der Waals surface area (Å²) in [7, 11) is 0. The number of hydrogen-bond acceptors (Lipinski definition) is 5. The van der Waals surface area contributed by atoms with Gasteiger partial charge in [-0.15, -0.1) is 0 Å². The van der Waals surface area contributed by atoms with Crippen LogP contribution in [-0.2, 0) is 4.79 Å². The zero-order chi connectivity index (χ0) is 19.8. The van der Waals surface area contributed by atoms with Gasteiger partial charge in [0.05, 0.1) is 14.7 Å². The lowest BCUT2D eigenvalue weighted by molar-refractivity contribution is -0.118. The Bertz CT molecular complexity index is 1220. The van der Waals surface area contributed by atoms with Crippen molar-refractivity contribution in [3.63, 3.8) is 0 Å². The molecule has 1 amide bonds. The molecule has 2 heterocycles. The van der Waals surface area contributed by atoms with Crippen LogP contribution in [0.4, 0.5) is 5.13 Å². The van der Waals surface area contributed by atoms with Gasteiger partial charge < -0.3 is 4.74 Å². The average molecular weight is 521 g/mol. The van der Waals surface area contributed by atoms with E-state index in [1.165, 1.54) is 16.9 Å². The van der Waals surface area contributed by atoms with Crippen LogP contribution >= 0.6 is 43.2 Å². The van der Waals surface area contributed by atoms with Crippen molar-refractivity contribution in [2.24, 2.45) is 0 Å². The second kappa shape index (κ2) is 7.77. The van der Waals surface area contributed by atoms with Crippen molar-refractivity contribution in [1.29, 1.82) is 0 Å². The topological polar surface area (TPSA) is 64.1 Å². The predicted octanol–water partition coefficient (Wildman–Crippen LogP) is 6.00. The molecule has 5 nitrogen and oxygen atoms in total. The molecule has 142 valence electrons. The first kappa shape index (κ1) is 19.3. The molecule has 2 aromatic carbocycles. The van der Waals surface area contributed by atoms with Crippen molar-refractivity contribution in [1.82, 2.24) is 9.97 Å². The van der Waals surface area contributed by atoms with Crippen molar-refractivity contribution in [3.05, 3.63) is 56.6 Å². The highest BCUT2D eigenvalue weighted by Gasteiger charge is 2.15.